The Balaban J connectivity index is 1.91. The molecule has 1 aliphatic rings. The van der Waals surface area contributed by atoms with E-state index in [1.807, 2.05) is 42.5 Å². The van der Waals surface area contributed by atoms with Crippen molar-refractivity contribution in [1.82, 2.24) is 14.8 Å². The third-order valence-corrected chi connectivity index (χ3v) is 3.58. The summed E-state index contributed by atoms with van der Waals surface area (Å²) in [6.45, 7) is 1.99. The highest BCUT2D eigenvalue weighted by molar-refractivity contribution is 5.87. The Morgan fingerprint density at radius 3 is 2.32 bits per heavy atom. The Morgan fingerprint density at radius 2 is 1.64 bits per heavy atom. The first-order valence-corrected chi connectivity index (χ1v) is 7.29. The van der Waals surface area contributed by atoms with Crippen molar-refractivity contribution < 1.29 is 0 Å². The van der Waals surface area contributed by atoms with E-state index in [0.717, 1.165) is 36.1 Å². The lowest BCUT2D eigenvalue weighted by atomic mass is 10.3. The minimum Gasteiger partial charge on any atom is -0.344 e. The molecule has 0 amide bonds. The molecule has 2 heterocycles. The molecule has 0 bridgehead atoms. The fourth-order valence-electron chi connectivity index (χ4n) is 2.33. The molecular weight excluding hydrogens is 274 g/mol. The highest BCUT2D eigenvalue weighted by atomic mass is 15.4. The maximum absolute atomic E-state index is 4.77. The van der Waals surface area contributed by atoms with Crippen molar-refractivity contribution in [3.8, 4) is 0 Å². The number of likely N-dealkylation sites (N-methyl/N-ethyl adjacent to an activating group) is 2. The highest BCUT2D eigenvalue weighted by Crippen LogP contribution is 2.28. The molecule has 0 radical (unpaired) electrons. The zero-order chi connectivity index (χ0) is 15.4. The van der Waals surface area contributed by atoms with E-state index in [0.29, 0.717) is 0 Å². The lowest BCUT2D eigenvalue weighted by Gasteiger charge is -2.16. The van der Waals surface area contributed by atoms with Crippen LogP contribution >= 0.6 is 0 Å². The summed E-state index contributed by atoms with van der Waals surface area (Å²) in [5.41, 5.74) is 2.54. The van der Waals surface area contributed by atoms with Crippen molar-refractivity contribution in [2.24, 2.45) is 9.98 Å². The first-order chi connectivity index (χ1) is 10.7. The molecule has 22 heavy (non-hydrogen) atoms. The third-order valence-electron chi connectivity index (χ3n) is 3.58. The molecule has 0 aliphatic carbocycles. The van der Waals surface area contributed by atoms with Gasteiger partial charge in [-0.25, -0.2) is 4.99 Å². The van der Waals surface area contributed by atoms with Crippen LogP contribution in [-0.2, 0) is 0 Å². The summed E-state index contributed by atoms with van der Waals surface area (Å²) in [7, 11) is 4.12. The number of pyridine rings is 1. The quantitative estimate of drug-likeness (QED) is 0.817. The summed E-state index contributed by atoms with van der Waals surface area (Å²) >= 11 is 0. The van der Waals surface area contributed by atoms with Crippen LogP contribution in [0.2, 0.25) is 0 Å². The Labute approximate surface area is 130 Å². The van der Waals surface area contributed by atoms with E-state index in [2.05, 4.69) is 33.9 Å². The number of guanidine groups is 1. The normalized spacial score (nSPS) is 14.9. The average molecular weight is 293 g/mol. The van der Waals surface area contributed by atoms with Gasteiger partial charge in [-0.15, -0.1) is 0 Å². The van der Waals surface area contributed by atoms with E-state index < -0.39 is 0 Å². The van der Waals surface area contributed by atoms with Crippen molar-refractivity contribution in [3.63, 3.8) is 0 Å². The van der Waals surface area contributed by atoms with Crippen LogP contribution in [0.4, 0.5) is 11.4 Å². The van der Waals surface area contributed by atoms with Gasteiger partial charge in [0.05, 0.1) is 23.3 Å². The van der Waals surface area contributed by atoms with E-state index in [-0.39, 0.29) is 0 Å². The van der Waals surface area contributed by atoms with Gasteiger partial charge in [-0.2, -0.15) is 0 Å². The molecule has 1 aromatic heterocycles. The van der Waals surface area contributed by atoms with Crippen LogP contribution in [0.1, 0.15) is 5.69 Å². The van der Waals surface area contributed by atoms with Gasteiger partial charge in [-0.1, -0.05) is 18.2 Å². The van der Waals surface area contributed by atoms with Crippen molar-refractivity contribution >= 4 is 23.5 Å². The molecular formula is C17H19N5. The third kappa shape index (κ3) is 3.14. The maximum Gasteiger partial charge on any atom is 0.201 e. The molecule has 0 saturated carbocycles. The van der Waals surface area contributed by atoms with Crippen LogP contribution in [0.25, 0.3) is 0 Å². The fourth-order valence-corrected chi connectivity index (χ4v) is 2.33. The smallest absolute Gasteiger partial charge is 0.201 e. The monoisotopic (exact) mass is 293 g/mol. The van der Waals surface area contributed by atoms with E-state index in [1.54, 1.807) is 12.4 Å². The van der Waals surface area contributed by atoms with Crippen molar-refractivity contribution in [3.05, 3.63) is 54.4 Å². The molecule has 1 saturated heterocycles. The summed E-state index contributed by atoms with van der Waals surface area (Å²) in [6, 6.07) is 13.7. The van der Waals surface area contributed by atoms with Gasteiger partial charge in [0, 0.05) is 33.4 Å². The van der Waals surface area contributed by atoms with Crippen molar-refractivity contribution in [2.75, 3.05) is 27.2 Å². The van der Waals surface area contributed by atoms with Gasteiger partial charge in [0.2, 0.25) is 5.96 Å². The van der Waals surface area contributed by atoms with Gasteiger partial charge in [0.1, 0.15) is 0 Å². The molecule has 1 aromatic carbocycles. The van der Waals surface area contributed by atoms with E-state index in [4.69, 9.17) is 4.99 Å². The zero-order valence-corrected chi connectivity index (χ0v) is 12.8. The molecule has 2 aromatic rings. The number of rotatable bonds is 3. The topological polar surface area (TPSA) is 44.1 Å². The fraction of sp³-hybridized carbons (Fsp3) is 0.235. The second-order valence-electron chi connectivity index (χ2n) is 5.26. The highest BCUT2D eigenvalue weighted by Gasteiger charge is 2.19. The van der Waals surface area contributed by atoms with E-state index >= 15 is 0 Å². The largest absolute Gasteiger partial charge is 0.344 e. The van der Waals surface area contributed by atoms with Gasteiger partial charge >= 0.3 is 0 Å². The summed E-state index contributed by atoms with van der Waals surface area (Å²) in [5.74, 6) is 0.973. The number of aromatic nitrogens is 1. The van der Waals surface area contributed by atoms with Crippen LogP contribution in [0.5, 0.6) is 0 Å². The number of aliphatic imine (C=N–C) groups is 2. The van der Waals surface area contributed by atoms with Gasteiger partial charge in [-0.3, -0.25) is 9.98 Å². The summed E-state index contributed by atoms with van der Waals surface area (Å²) in [5, 5.41) is 0. The second-order valence-corrected chi connectivity index (χ2v) is 5.26. The zero-order valence-electron chi connectivity index (χ0n) is 12.8. The summed E-state index contributed by atoms with van der Waals surface area (Å²) in [6.07, 6.45) is 3.52. The van der Waals surface area contributed by atoms with Gasteiger partial charge in [0.25, 0.3) is 0 Å². The molecule has 5 nitrogen and oxygen atoms in total. The van der Waals surface area contributed by atoms with Gasteiger partial charge in [-0.05, 0) is 24.3 Å². The van der Waals surface area contributed by atoms with E-state index in [1.165, 1.54) is 0 Å². The average Bonchev–Trinajstić information content (AvgIpc) is 2.87. The number of para-hydroxylation sites is 2. The Kier molecular flexibility index (Phi) is 4.14. The van der Waals surface area contributed by atoms with E-state index in [9.17, 15) is 0 Å². The predicted octanol–water partition coefficient (Wildman–Crippen LogP) is 2.70. The predicted molar refractivity (Wildman–Crippen MR) is 90.3 cm³/mol. The molecule has 0 unspecified atom stereocenters. The number of nitrogens with zero attached hydrogens (tertiary/aromatic N) is 5. The van der Waals surface area contributed by atoms with Crippen molar-refractivity contribution in [2.45, 2.75) is 0 Å². The van der Waals surface area contributed by atoms with Crippen LogP contribution in [-0.4, -0.2) is 54.1 Å². The molecule has 0 N–H and O–H groups in total. The lowest BCUT2D eigenvalue weighted by molar-refractivity contribution is 0.553. The number of hydrogen-bond acceptors (Lipinski definition) is 3. The minimum absolute atomic E-state index is 0.833. The molecule has 1 aliphatic heterocycles. The Morgan fingerprint density at radius 1 is 0.955 bits per heavy atom. The van der Waals surface area contributed by atoms with Crippen LogP contribution in [0.15, 0.2) is 58.6 Å². The van der Waals surface area contributed by atoms with Gasteiger partial charge < -0.3 is 9.80 Å². The second kappa shape index (κ2) is 6.39. The first kappa shape index (κ1) is 14.3. The van der Waals surface area contributed by atoms with Crippen LogP contribution in [0, 0.1) is 0 Å². The first-order valence-electron chi connectivity index (χ1n) is 7.29. The SMILES string of the molecule is CN1CCN(C)C1=Nc1ccccc1N=Cc1ccccn1. The molecule has 1 fully saturated rings. The van der Waals surface area contributed by atoms with Crippen LogP contribution < -0.4 is 0 Å². The number of hydrogen-bond donors (Lipinski definition) is 0. The standard InChI is InChI=1S/C17H19N5/c1-21-11-12-22(2)17(21)20-16-9-4-3-8-15(16)19-13-14-7-5-6-10-18-14/h3-10,13H,11-12H2,1-2H3. The molecule has 112 valence electrons. The molecule has 3 rings (SSSR count). The Bertz CT molecular complexity index is 681. The Hall–Kier alpha value is -2.69. The summed E-state index contributed by atoms with van der Waals surface area (Å²) < 4.78 is 0. The molecule has 5 heteroatoms. The minimum atomic E-state index is 0.833. The van der Waals surface area contributed by atoms with Crippen molar-refractivity contribution in [1.29, 1.82) is 0 Å². The molecule has 0 spiro atoms. The molecule has 0 atom stereocenters. The van der Waals surface area contributed by atoms with Gasteiger partial charge in [0.15, 0.2) is 0 Å². The summed E-state index contributed by atoms with van der Waals surface area (Å²) in [4.78, 5) is 17.9. The van der Waals surface area contributed by atoms with Crippen LogP contribution in [0.3, 0.4) is 0 Å². The lowest BCUT2D eigenvalue weighted by Crippen LogP contribution is -2.27. The maximum atomic E-state index is 4.77. The number of benzene rings is 1.